The lowest BCUT2D eigenvalue weighted by Gasteiger charge is -2.26. The number of aliphatic hydroxyl groups excluding tert-OH is 1. The molecule has 1 aromatic heterocycles. The van der Waals surface area contributed by atoms with E-state index in [1.807, 2.05) is 18.2 Å². The van der Waals surface area contributed by atoms with E-state index in [1.165, 1.54) is 5.56 Å². The summed E-state index contributed by atoms with van der Waals surface area (Å²) >= 11 is 0. The van der Waals surface area contributed by atoms with E-state index in [0.29, 0.717) is 12.3 Å². The Morgan fingerprint density at radius 1 is 1.05 bits per heavy atom. The second kappa shape index (κ2) is 6.73. The molecule has 108 valence electrons. The van der Waals surface area contributed by atoms with Gasteiger partial charge in [-0.1, -0.05) is 30.3 Å². The molecule has 0 aliphatic rings. The average Bonchev–Trinajstić information content (AvgIpc) is 2.93. The predicted octanol–water partition coefficient (Wildman–Crippen LogP) is 3.27. The van der Waals surface area contributed by atoms with E-state index in [0.717, 1.165) is 18.6 Å². The number of hydrogen-bond acceptors (Lipinski definition) is 3. The van der Waals surface area contributed by atoms with Crippen molar-refractivity contribution in [2.45, 2.75) is 45.4 Å². The summed E-state index contributed by atoms with van der Waals surface area (Å²) in [5.74, 6) is 1.48. The van der Waals surface area contributed by atoms with Crippen LogP contribution < -0.4 is 5.32 Å². The number of aryl methyl sites for hydroxylation is 1. The number of benzene rings is 1. The Bertz CT molecular complexity index is 517. The Kier molecular flexibility index (Phi) is 4.99. The third kappa shape index (κ3) is 4.51. The number of rotatable bonds is 7. The van der Waals surface area contributed by atoms with Crippen LogP contribution in [-0.4, -0.2) is 10.6 Å². The highest BCUT2D eigenvalue weighted by Crippen LogP contribution is 2.15. The van der Waals surface area contributed by atoms with Gasteiger partial charge in [0.15, 0.2) is 0 Å². The molecule has 0 unspecified atom stereocenters. The summed E-state index contributed by atoms with van der Waals surface area (Å²) in [5, 5.41) is 12.5. The van der Waals surface area contributed by atoms with Crippen LogP contribution in [0.4, 0.5) is 0 Å². The van der Waals surface area contributed by atoms with E-state index in [2.05, 4.69) is 43.4 Å². The van der Waals surface area contributed by atoms with Gasteiger partial charge in [-0.15, -0.1) is 0 Å². The van der Waals surface area contributed by atoms with E-state index < -0.39 is 0 Å². The smallest absolute Gasteiger partial charge is 0.129 e. The number of hydrogen-bond donors (Lipinski definition) is 2. The molecule has 3 nitrogen and oxygen atoms in total. The van der Waals surface area contributed by atoms with E-state index in [1.54, 1.807) is 0 Å². The first kappa shape index (κ1) is 14.8. The fourth-order valence-electron chi connectivity index (χ4n) is 2.12. The van der Waals surface area contributed by atoms with Gasteiger partial charge in [-0.3, -0.25) is 0 Å². The molecule has 2 rings (SSSR count). The van der Waals surface area contributed by atoms with Gasteiger partial charge in [0.1, 0.15) is 18.1 Å². The summed E-state index contributed by atoms with van der Waals surface area (Å²) in [6.07, 6.45) is 2.12. The molecule has 0 amide bonds. The predicted molar refractivity (Wildman–Crippen MR) is 80.3 cm³/mol. The molecule has 2 N–H and O–H groups in total. The topological polar surface area (TPSA) is 45.4 Å². The highest BCUT2D eigenvalue weighted by molar-refractivity contribution is 5.15. The first-order chi connectivity index (χ1) is 9.59. The summed E-state index contributed by atoms with van der Waals surface area (Å²) < 4.78 is 5.48. The van der Waals surface area contributed by atoms with Crippen LogP contribution in [-0.2, 0) is 19.6 Å². The summed E-state index contributed by atoms with van der Waals surface area (Å²) in [6.45, 7) is 5.04. The van der Waals surface area contributed by atoms with Gasteiger partial charge in [0.2, 0.25) is 0 Å². The Labute approximate surface area is 120 Å². The van der Waals surface area contributed by atoms with Crippen molar-refractivity contribution in [3.8, 4) is 0 Å². The largest absolute Gasteiger partial charge is 0.462 e. The van der Waals surface area contributed by atoms with Gasteiger partial charge in [0.25, 0.3) is 0 Å². The molecule has 0 saturated carbocycles. The standard InChI is InChI=1S/C17H23NO2/c1-17(2,11-10-14-6-4-3-5-7-14)18-12-15-8-9-16(13-19)20-15/h3-9,18-19H,10-13H2,1-2H3. The van der Waals surface area contributed by atoms with Crippen molar-refractivity contribution in [1.29, 1.82) is 0 Å². The zero-order valence-corrected chi connectivity index (χ0v) is 12.2. The van der Waals surface area contributed by atoms with Gasteiger partial charge < -0.3 is 14.8 Å². The third-order valence-corrected chi connectivity index (χ3v) is 3.50. The van der Waals surface area contributed by atoms with Crippen LogP contribution in [0.5, 0.6) is 0 Å². The van der Waals surface area contributed by atoms with E-state index in [9.17, 15) is 0 Å². The lowest BCUT2D eigenvalue weighted by molar-refractivity contribution is 0.240. The van der Waals surface area contributed by atoms with Crippen LogP contribution >= 0.6 is 0 Å². The first-order valence-corrected chi connectivity index (χ1v) is 7.06. The van der Waals surface area contributed by atoms with Crippen molar-refractivity contribution in [1.82, 2.24) is 5.32 Å². The highest BCUT2D eigenvalue weighted by atomic mass is 16.4. The second-order valence-electron chi connectivity index (χ2n) is 5.75. The molecule has 0 aliphatic carbocycles. The molecule has 0 spiro atoms. The van der Waals surface area contributed by atoms with Crippen LogP contribution in [0.25, 0.3) is 0 Å². The second-order valence-corrected chi connectivity index (χ2v) is 5.75. The third-order valence-electron chi connectivity index (χ3n) is 3.50. The van der Waals surface area contributed by atoms with Crippen LogP contribution in [0.1, 0.15) is 37.4 Å². The minimum atomic E-state index is -0.0442. The molecule has 20 heavy (non-hydrogen) atoms. The molecule has 2 aromatic rings. The zero-order chi connectivity index (χ0) is 14.4. The van der Waals surface area contributed by atoms with Gasteiger partial charge in [-0.25, -0.2) is 0 Å². The van der Waals surface area contributed by atoms with Crippen molar-refractivity contribution in [3.05, 3.63) is 59.5 Å². The van der Waals surface area contributed by atoms with Crippen molar-refractivity contribution in [2.75, 3.05) is 0 Å². The maximum Gasteiger partial charge on any atom is 0.129 e. The van der Waals surface area contributed by atoms with Crippen LogP contribution in [0, 0.1) is 0 Å². The minimum absolute atomic E-state index is 0.0437. The van der Waals surface area contributed by atoms with Crippen LogP contribution in [0.3, 0.4) is 0 Å². The number of nitrogens with one attached hydrogen (secondary N) is 1. The van der Waals surface area contributed by atoms with E-state index >= 15 is 0 Å². The summed E-state index contributed by atoms with van der Waals surface area (Å²) in [7, 11) is 0. The summed E-state index contributed by atoms with van der Waals surface area (Å²) in [4.78, 5) is 0. The average molecular weight is 273 g/mol. The van der Waals surface area contributed by atoms with Gasteiger partial charge in [0, 0.05) is 5.54 Å². The van der Waals surface area contributed by atoms with Crippen molar-refractivity contribution < 1.29 is 9.52 Å². The molecule has 1 heterocycles. The van der Waals surface area contributed by atoms with E-state index in [-0.39, 0.29) is 12.1 Å². The Balaban J connectivity index is 1.81. The van der Waals surface area contributed by atoms with Gasteiger partial charge in [-0.2, -0.15) is 0 Å². The van der Waals surface area contributed by atoms with Gasteiger partial charge in [-0.05, 0) is 44.4 Å². The summed E-state index contributed by atoms with van der Waals surface area (Å²) in [5.41, 5.74) is 1.41. The first-order valence-electron chi connectivity index (χ1n) is 7.06. The highest BCUT2D eigenvalue weighted by Gasteiger charge is 2.17. The molecular weight excluding hydrogens is 250 g/mol. The monoisotopic (exact) mass is 273 g/mol. The molecule has 0 bridgehead atoms. The minimum Gasteiger partial charge on any atom is -0.462 e. The summed E-state index contributed by atoms with van der Waals surface area (Å²) in [6, 6.07) is 14.2. The maximum absolute atomic E-state index is 8.98. The SMILES string of the molecule is CC(C)(CCc1ccccc1)NCc1ccc(CO)o1. The van der Waals surface area contributed by atoms with Crippen LogP contribution in [0.15, 0.2) is 46.9 Å². The maximum atomic E-state index is 8.98. The van der Waals surface area contributed by atoms with Crippen molar-refractivity contribution in [2.24, 2.45) is 0 Å². The molecular formula is C17H23NO2. The molecule has 0 aliphatic heterocycles. The quantitative estimate of drug-likeness (QED) is 0.814. The van der Waals surface area contributed by atoms with Crippen LogP contribution in [0.2, 0.25) is 0 Å². The molecule has 0 fully saturated rings. The fourth-order valence-corrected chi connectivity index (χ4v) is 2.12. The number of aliphatic hydroxyl groups is 1. The molecule has 0 atom stereocenters. The Hall–Kier alpha value is -1.58. The Morgan fingerprint density at radius 3 is 2.40 bits per heavy atom. The van der Waals surface area contributed by atoms with Gasteiger partial charge >= 0.3 is 0 Å². The number of furan rings is 1. The fraction of sp³-hybridized carbons (Fsp3) is 0.412. The van der Waals surface area contributed by atoms with E-state index in [4.69, 9.17) is 9.52 Å². The van der Waals surface area contributed by atoms with Crippen molar-refractivity contribution >= 4 is 0 Å². The normalized spacial score (nSPS) is 11.8. The molecule has 0 radical (unpaired) electrons. The molecule has 1 aromatic carbocycles. The van der Waals surface area contributed by atoms with Crippen molar-refractivity contribution in [3.63, 3.8) is 0 Å². The Morgan fingerprint density at radius 2 is 1.75 bits per heavy atom. The van der Waals surface area contributed by atoms with Gasteiger partial charge in [0.05, 0.1) is 6.54 Å². The zero-order valence-electron chi connectivity index (χ0n) is 12.2. The molecule has 3 heteroatoms. The molecule has 0 saturated heterocycles. The lowest BCUT2D eigenvalue weighted by atomic mass is 9.95. The lowest BCUT2D eigenvalue weighted by Crippen LogP contribution is -2.39.